The maximum Gasteiger partial charge on any atom is 0.335 e. The van der Waals surface area contributed by atoms with Crippen LogP contribution in [0.4, 0.5) is 0 Å². The summed E-state index contributed by atoms with van der Waals surface area (Å²) in [4.78, 5) is 14.5. The molecule has 70 valence electrons. The van der Waals surface area contributed by atoms with E-state index in [9.17, 15) is 4.79 Å². The first kappa shape index (κ1) is 8.50. The molecule has 1 aromatic carbocycles. The second kappa shape index (κ2) is 2.99. The largest absolute Gasteiger partial charge is 0.493 e. The number of fused-ring (bicyclic) bond motifs is 1. The van der Waals surface area contributed by atoms with Crippen LogP contribution in [-0.4, -0.2) is 21.2 Å². The van der Waals surface area contributed by atoms with Crippen molar-refractivity contribution in [1.82, 2.24) is 4.98 Å². The van der Waals surface area contributed by atoms with Crippen LogP contribution in [0, 0.1) is 0 Å². The van der Waals surface area contributed by atoms with Crippen molar-refractivity contribution in [3.8, 4) is 5.88 Å². The Hall–Kier alpha value is -2.10. The lowest BCUT2D eigenvalue weighted by Gasteiger charge is -1.99. The van der Waals surface area contributed by atoms with Crippen molar-refractivity contribution in [2.24, 2.45) is 0 Å². The predicted molar refractivity (Wildman–Crippen MR) is 50.4 cm³/mol. The third kappa shape index (κ3) is 1.37. The van der Waals surface area contributed by atoms with E-state index in [2.05, 4.69) is 4.98 Å². The number of nitrogens with zero attached hydrogens (tertiary/aromatic N) is 1. The Kier molecular flexibility index (Phi) is 1.81. The Balaban J connectivity index is 2.67. The Morgan fingerprint density at radius 1 is 1.21 bits per heavy atom. The summed E-state index contributed by atoms with van der Waals surface area (Å²) < 4.78 is 0. The van der Waals surface area contributed by atoms with Gasteiger partial charge in [0.05, 0.1) is 11.1 Å². The van der Waals surface area contributed by atoms with Gasteiger partial charge in [-0.3, -0.25) is 0 Å². The van der Waals surface area contributed by atoms with Crippen molar-refractivity contribution < 1.29 is 15.0 Å². The molecule has 0 aliphatic carbocycles. The number of aromatic carboxylic acids is 1. The number of carbonyl (C=O) groups is 1. The zero-order valence-electron chi connectivity index (χ0n) is 7.14. The van der Waals surface area contributed by atoms with Gasteiger partial charge < -0.3 is 10.2 Å². The van der Waals surface area contributed by atoms with Crippen LogP contribution in [0.15, 0.2) is 30.3 Å². The molecule has 4 heteroatoms. The monoisotopic (exact) mass is 189 g/mol. The number of hydrogen-bond acceptors (Lipinski definition) is 3. The van der Waals surface area contributed by atoms with E-state index in [1.165, 1.54) is 18.2 Å². The fraction of sp³-hybridized carbons (Fsp3) is 0. The average molecular weight is 189 g/mol. The first-order valence-corrected chi connectivity index (χ1v) is 4.00. The molecule has 0 radical (unpaired) electrons. The molecule has 2 N–H and O–H groups in total. The fourth-order valence-corrected chi connectivity index (χ4v) is 1.25. The van der Waals surface area contributed by atoms with Gasteiger partial charge in [-0.15, -0.1) is 0 Å². The van der Waals surface area contributed by atoms with Crippen molar-refractivity contribution >= 4 is 16.9 Å². The number of carboxylic acid groups (broad SMARTS) is 1. The van der Waals surface area contributed by atoms with Gasteiger partial charge in [0, 0.05) is 11.5 Å². The van der Waals surface area contributed by atoms with Crippen molar-refractivity contribution in [3.05, 3.63) is 35.9 Å². The van der Waals surface area contributed by atoms with Crippen LogP contribution < -0.4 is 0 Å². The van der Waals surface area contributed by atoms with Gasteiger partial charge >= 0.3 is 5.97 Å². The first-order valence-electron chi connectivity index (χ1n) is 4.00. The van der Waals surface area contributed by atoms with E-state index >= 15 is 0 Å². The molecular formula is C10H7NO3. The van der Waals surface area contributed by atoms with Crippen LogP contribution in [0.5, 0.6) is 5.88 Å². The van der Waals surface area contributed by atoms with Crippen LogP contribution in [0.2, 0.25) is 0 Å². The van der Waals surface area contributed by atoms with Crippen molar-refractivity contribution in [2.45, 2.75) is 0 Å². The number of carboxylic acids is 1. The highest BCUT2D eigenvalue weighted by Gasteiger charge is 2.04. The molecule has 0 atom stereocenters. The number of aromatic nitrogens is 1. The van der Waals surface area contributed by atoms with Crippen molar-refractivity contribution in [3.63, 3.8) is 0 Å². The van der Waals surface area contributed by atoms with E-state index in [4.69, 9.17) is 10.2 Å². The van der Waals surface area contributed by atoms with Gasteiger partial charge in [0.25, 0.3) is 0 Å². The van der Waals surface area contributed by atoms with Gasteiger partial charge in [0.1, 0.15) is 0 Å². The zero-order valence-corrected chi connectivity index (χ0v) is 7.14. The molecule has 4 nitrogen and oxygen atoms in total. The maximum absolute atomic E-state index is 10.6. The molecule has 0 aliphatic heterocycles. The normalized spacial score (nSPS) is 10.3. The number of hydrogen-bond donors (Lipinski definition) is 2. The summed E-state index contributed by atoms with van der Waals surface area (Å²) in [6.45, 7) is 0. The summed E-state index contributed by atoms with van der Waals surface area (Å²) in [5, 5.41) is 18.5. The Morgan fingerprint density at radius 3 is 2.71 bits per heavy atom. The molecule has 0 amide bonds. The summed E-state index contributed by atoms with van der Waals surface area (Å²) in [5.41, 5.74) is 0.792. The summed E-state index contributed by atoms with van der Waals surface area (Å²) in [6, 6.07) is 7.60. The zero-order chi connectivity index (χ0) is 10.1. The van der Waals surface area contributed by atoms with Gasteiger partial charge in [-0.05, 0) is 24.3 Å². The first-order chi connectivity index (χ1) is 6.66. The van der Waals surface area contributed by atoms with E-state index < -0.39 is 5.97 Å². The second-order valence-electron chi connectivity index (χ2n) is 2.88. The van der Waals surface area contributed by atoms with E-state index in [-0.39, 0.29) is 11.4 Å². The van der Waals surface area contributed by atoms with E-state index in [0.29, 0.717) is 10.9 Å². The number of aromatic hydroxyl groups is 1. The third-order valence-corrected chi connectivity index (χ3v) is 1.92. The summed E-state index contributed by atoms with van der Waals surface area (Å²) in [5.74, 6) is -1.04. The highest BCUT2D eigenvalue weighted by Crippen LogP contribution is 2.17. The lowest BCUT2D eigenvalue weighted by atomic mass is 10.1. The number of benzene rings is 1. The minimum absolute atomic E-state index is 0.0689. The van der Waals surface area contributed by atoms with Gasteiger partial charge in [-0.2, -0.15) is 0 Å². The minimum atomic E-state index is -0.972. The lowest BCUT2D eigenvalue weighted by Crippen LogP contribution is -1.95. The average Bonchev–Trinajstić information content (AvgIpc) is 2.16. The topological polar surface area (TPSA) is 70.4 Å². The molecule has 14 heavy (non-hydrogen) atoms. The number of pyridine rings is 1. The van der Waals surface area contributed by atoms with Gasteiger partial charge in [0.2, 0.25) is 5.88 Å². The predicted octanol–water partition coefficient (Wildman–Crippen LogP) is 1.64. The SMILES string of the molecule is O=C(O)c1ccc2nc(O)ccc2c1. The molecule has 1 aromatic heterocycles. The molecule has 0 saturated carbocycles. The summed E-state index contributed by atoms with van der Waals surface area (Å²) >= 11 is 0. The highest BCUT2D eigenvalue weighted by atomic mass is 16.4. The standard InChI is InChI=1S/C10H7NO3/c12-9-4-2-6-5-7(10(13)14)1-3-8(6)11-9/h1-5H,(H,11,12)(H,13,14). The fourth-order valence-electron chi connectivity index (χ4n) is 1.25. The Labute approximate surface area is 79.4 Å². The molecule has 2 aromatic rings. The maximum atomic E-state index is 10.6. The lowest BCUT2D eigenvalue weighted by molar-refractivity contribution is 0.0697. The van der Waals surface area contributed by atoms with Crippen LogP contribution in [0.3, 0.4) is 0 Å². The molecule has 1 heterocycles. The van der Waals surface area contributed by atoms with Crippen LogP contribution in [-0.2, 0) is 0 Å². The van der Waals surface area contributed by atoms with Gasteiger partial charge in [0.15, 0.2) is 0 Å². The van der Waals surface area contributed by atoms with Crippen LogP contribution >= 0.6 is 0 Å². The molecule has 2 rings (SSSR count). The molecule has 0 aliphatic rings. The quantitative estimate of drug-likeness (QED) is 0.715. The molecule has 0 spiro atoms. The van der Waals surface area contributed by atoms with E-state index in [1.54, 1.807) is 12.1 Å². The highest BCUT2D eigenvalue weighted by molar-refractivity contribution is 5.93. The van der Waals surface area contributed by atoms with E-state index in [1.807, 2.05) is 0 Å². The Bertz CT molecular complexity index is 508. The molecule has 0 unspecified atom stereocenters. The third-order valence-electron chi connectivity index (χ3n) is 1.92. The van der Waals surface area contributed by atoms with Crippen molar-refractivity contribution in [1.29, 1.82) is 0 Å². The second-order valence-corrected chi connectivity index (χ2v) is 2.88. The molecular weight excluding hydrogens is 182 g/mol. The molecule has 0 saturated heterocycles. The van der Waals surface area contributed by atoms with Crippen molar-refractivity contribution in [2.75, 3.05) is 0 Å². The Morgan fingerprint density at radius 2 is 2.00 bits per heavy atom. The van der Waals surface area contributed by atoms with Crippen LogP contribution in [0.1, 0.15) is 10.4 Å². The summed E-state index contributed by atoms with van der Waals surface area (Å²) in [6.07, 6.45) is 0. The van der Waals surface area contributed by atoms with Gasteiger partial charge in [-0.25, -0.2) is 9.78 Å². The molecule has 0 bridgehead atoms. The number of rotatable bonds is 1. The minimum Gasteiger partial charge on any atom is -0.493 e. The van der Waals surface area contributed by atoms with Crippen LogP contribution in [0.25, 0.3) is 10.9 Å². The van der Waals surface area contributed by atoms with Gasteiger partial charge in [-0.1, -0.05) is 0 Å². The smallest absolute Gasteiger partial charge is 0.335 e. The molecule has 0 fully saturated rings. The van der Waals surface area contributed by atoms with E-state index in [0.717, 1.165) is 0 Å². The summed E-state index contributed by atoms with van der Waals surface area (Å²) in [7, 11) is 0.